The minimum atomic E-state index is -1.01. The van der Waals surface area contributed by atoms with E-state index in [-0.39, 0.29) is 41.0 Å². The molecule has 0 bridgehead atoms. The first-order valence-electron chi connectivity index (χ1n) is 14.8. The summed E-state index contributed by atoms with van der Waals surface area (Å²) in [5.41, 5.74) is 2.48. The number of rotatable bonds is 11. The summed E-state index contributed by atoms with van der Waals surface area (Å²) in [6.45, 7) is 7.55. The number of fused-ring (bicyclic) bond motifs is 1. The number of aromatic carboxylic acids is 1. The number of allylic oxidation sites excluding steroid dienone is 1. The molecule has 1 atom stereocenters. The van der Waals surface area contributed by atoms with Crippen LogP contribution in [0.4, 0.5) is 0 Å². The summed E-state index contributed by atoms with van der Waals surface area (Å²) in [6, 6.07) is 16.2. The molecule has 0 amide bonds. The van der Waals surface area contributed by atoms with Gasteiger partial charge in [0.15, 0.2) is 16.3 Å². The van der Waals surface area contributed by atoms with Gasteiger partial charge in [-0.2, -0.15) is 0 Å². The van der Waals surface area contributed by atoms with Crippen molar-refractivity contribution in [2.75, 3.05) is 13.7 Å². The number of para-hydroxylation sites is 1. The maximum Gasteiger partial charge on any atom is 0.338 e. The average molecular weight is 677 g/mol. The molecule has 0 aliphatic carbocycles. The fourth-order valence-corrected chi connectivity index (χ4v) is 6.49. The van der Waals surface area contributed by atoms with Crippen LogP contribution in [-0.2, 0) is 16.1 Å². The van der Waals surface area contributed by atoms with Crippen LogP contribution in [0.5, 0.6) is 17.2 Å². The highest BCUT2D eigenvalue weighted by Gasteiger charge is 2.35. The lowest BCUT2D eigenvalue weighted by Gasteiger charge is -2.26. The number of carboxylic acids is 1. The monoisotopic (exact) mass is 676 g/mol. The molecule has 0 unspecified atom stereocenters. The van der Waals surface area contributed by atoms with Gasteiger partial charge in [-0.25, -0.2) is 14.6 Å². The van der Waals surface area contributed by atoms with Crippen molar-refractivity contribution < 1.29 is 33.6 Å². The van der Waals surface area contributed by atoms with Gasteiger partial charge >= 0.3 is 11.9 Å². The molecule has 1 aliphatic rings. The second kappa shape index (κ2) is 14.3. The molecule has 0 spiro atoms. The molecule has 47 heavy (non-hydrogen) atoms. The smallest absolute Gasteiger partial charge is 0.338 e. The zero-order chi connectivity index (χ0) is 33.8. The van der Waals surface area contributed by atoms with E-state index in [0.717, 1.165) is 5.56 Å². The van der Waals surface area contributed by atoms with Gasteiger partial charge < -0.3 is 24.1 Å². The second-order valence-electron chi connectivity index (χ2n) is 10.8. The van der Waals surface area contributed by atoms with Gasteiger partial charge in [-0.1, -0.05) is 53.3 Å². The zero-order valence-corrected chi connectivity index (χ0v) is 28.0. The number of carbonyl (C=O) groups is 2. The number of nitrogens with zero attached hydrogens (tertiary/aromatic N) is 2. The highest BCUT2D eigenvalue weighted by atomic mass is 35.5. The van der Waals surface area contributed by atoms with Gasteiger partial charge in [0.05, 0.1) is 46.2 Å². The van der Waals surface area contributed by atoms with Gasteiger partial charge in [0.2, 0.25) is 0 Å². The van der Waals surface area contributed by atoms with Crippen LogP contribution in [0.3, 0.4) is 0 Å². The van der Waals surface area contributed by atoms with Gasteiger partial charge in [0.1, 0.15) is 18.4 Å². The van der Waals surface area contributed by atoms with E-state index < -0.39 is 18.0 Å². The lowest BCUT2D eigenvalue weighted by Crippen LogP contribution is -2.40. The van der Waals surface area contributed by atoms with E-state index in [2.05, 4.69) is 4.99 Å². The number of thiazole rings is 1. The third-order valence-corrected chi connectivity index (χ3v) is 8.49. The molecule has 12 heteroatoms. The van der Waals surface area contributed by atoms with E-state index in [1.54, 1.807) is 44.2 Å². The van der Waals surface area contributed by atoms with Gasteiger partial charge in [-0.15, -0.1) is 0 Å². The van der Waals surface area contributed by atoms with E-state index in [4.69, 9.17) is 35.7 Å². The lowest BCUT2D eigenvalue weighted by atomic mass is 9.95. The van der Waals surface area contributed by atoms with Gasteiger partial charge in [0, 0.05) is 5.56 Å². The fourth-order valence-electron chi connectivity index (χ4n) is 5.17. The molecule has 5 rings (SSSR count). The molecule has 0 saturated heterocycles. The number of carbonyl (C=O) groups excluding carboxylic acids is 1. The number of hydrogen-bond acceptors (Lipinski definition) is 9. The van der Waals surface area contributed by atoms with E-state index in [1.807, 2.05) is 38.1 Å². The molecule has 0 fully saturated rings. The molecule has 1 aromatic heterocycles. The summed E-state index contributed by atoms with van der Waals surface area (Å²) in [6.07, 6.45) is 1.54. The van der Waals surface area contributed by atoms with E-state index in [1.165, 1.54) is 35.1 Å². The lowest BCUT2D eigenvalue weighted by molar-refractivity contribution is -0.139. The molecule has 0 saturated carbocycles. The van der Waals surface area contributed by atoms with Crippen LogP contribution >= 0.6 is 22.9 Å². The van der Waals surface area contributed by atoms with Crippen LogP contribution in [0.25, 0.3) is 6.08 Å². The molecule has 244 valence electrons. The van der Waals surface area contributed by atoms with Crippen molar-refractivity contribution in [3.05, 3.63) is 119 Å². The Morgan fingerprint density at radius 3 is 2.49 bits per heavy atom. The number of esters is 1. The van der Waals surface area contributed by atoms with Crippen LogP contribution < -0.4 is 29.1 Å². The molecule has 4 aromatic rings. The predicted molar refractivity (Wildman–Crippen MR) is 178 cm³/mol. The van der Waals surface area contributed by atoms with Crippen molar-refractivity contribution in [1.82, 2.24) is 4.57 Å². The first kappa shape index (κ1) is 33.5. The van der Waals surface area contributed by atoms with Crippen molar-refractivity contribution >= 4 is 41.0 Å². The summed E-state index contributed by atoms with van der Waals surface area (Å²) in [5, 5.41) is 9.39. The average Bonchev–Trinajstić information content (AvgIpc) is 3.33. The maximum atomic E-state index is 14.1. The van der Waals surface area contributed by atoms with Crippen LogP contribution in [0.1, 0.15) is 60.8 Å². The first-order chi connectivity index (χ1) is 22.5. The standard InChI is InChI=1S/C35H33ClN2O8S/c1-6-44-34(42)29-20(4)37-35-38(30(29)24-9-7-8-10-26(24)46-19(2)3)32(39)28(47-35)17-22-15-25(36)31(27(16-22)43-5)45-18-21-11-13-23(14-12-21)33(40)41/h7-17,19,30H,6,18H2,1-5H3,(H,40,41)/b28-17+/t30-/m1/s1. The fraction of sp³-hybridized carbons (Fsp3) is 0.257. The molecule has 1 N–H and O–H groups in total. The van der Waals surface area contributed by atoms with E-state index in [0.29, 0.717) is 43.4 Å². The van der Waals surface area contributed by atoms with Crippen molar-refractivity contribution in [3.63, 3.8) is 0 Å². The molecule has 3 aromatic carbocycles. The topological polar surface area (TPSA) is 126 Å². The Bertz CT molecular complexity index is 2050. The second-order valence-corrected chi connectivity index (χ2v) is 12.2. The third-order valence-electron chi connectivity index (χ3n) is 7.23. The summed E-state index contributed by atoms with van der Waals surface area (Å²) in [5.74, 6) is -0.385. The Balaban J connectivity index is 1.57. The number of methoxy groups -OCH3 is 1. The number of hydrogen-bond donors (Lipinski definition) is 1. The van der Waals surface area contributed by atoms with Crippen molar-refractivity contribution in [3.8, 4) is 17.2 Å². The highest BCUT2D eigenvalue weighted by molar-refractivity contribution is 7.07. The van der Waals surface area contributed by atoms with Crippen molar-refractivity contribution in [2.24, 2.45) is 4.99 Å². The third kappa shape index (κ3) is 7.11. The molecule has 1 aliphatic heterocycles. The van der Waals surface area contributed by atoms with Gasteiger partial charge in [-0.3, -0.25) is 9.36 Å². The normalized spacial score (nSPS) is 14.4. The summed E-state index contributed by atoms with van der Waals surface area (Å²) >= 11 is 7.83. The molecule has 10 nitrogen and oxygen atoms in total. The summed E-state index contributed by atoms with van der Waals surface area (Å²) in [7, 11) is 1.48. The Hall–Kier alpha value is -4.87. The van der Waals surface area contributed by atoms with E-state index in [9.17, 15) is 14.4 Å². The Morgan fingerprint density at radius 2 is 1.83 bits per heavy atom. The molecular weight excluding hydrogens is 644 g/mol. The quantitative estimate of drug-likeness (QED) is 0.206. The van der Waals surface area contributed by atoms with Crippen molar-refractivity contribution in [1.29, 1.82) is 0 Å². The predicted octanol–water partition coefficient (Wildman–Crippen LogP) is 5.52. The highest BCUT2D eigenvalue weighted by Crippen LogP contribution is 2.38. The molecular formula is C35H33ClN2O8S. The Morgan fingerprint density at radius 1 is 1.11 bits per heavy atom. The number of ether oxygens (including phenoxy) is 4. The van der Waals surface area contributed by atoms with Crippen LogP contribution in [0.2, 0.25) is 5.02 Å². The van der Waals surface area contributed by atoms with E-state index >= 15 is 0 Å². The first-order valence-corrected chi connectivity index (χ1v) is 16.0. The number of halogens is 1. The Labute approximate surface area is 279 Å². The molecule has 0 radical (unpaired) electrons. The number of carboxylic acid groups (broad SMARTS) is 1. The summed E-state index contributed by atoms with van der Waals surface area (Å²) < 4.78 is 24.9. The number of aromatic nitrogens is 1. The van der Waals surface area contributed by atoms with Crippen LogP contribution in [-0.4, -0.2) is 41.4 Å². The minimum absolute atomic E-state index is 0.123. The minimum Gasteiger partial charge on any atom is -0.493 e. The van der Waals surface area contributed by atoms with Gasteiger partial charge in [0.25, 0.3) is 5.56 Å². The SMILES string of the molecule is CCOC(=O)C1=C(C)N=c2s/c(=C/c3cc(Cl)c(OCc4ccc(C(=O)O)cc4)c(OC)c3)c(=O)n2[C@@H]1c1ccccc1OC(C)C. The maximum absolute atomic E-state index is 14.1. The Kier molecular flexibility index (Phi) is 10.2. The zero-order valence-electron chi connectivity index (χ0n) is 26.4. The largest absolute Gasteiger partial charge is 0.493 e. The van der Waals surface area contributed by atoms with Crippen molar-refractivity contribution in [2.45, 2.75) is 46.4 Å². The summed E-state index contributed by atoms with van der Waals surface area (Å²) in [4.78, 5) is 43.7. The van der Waals surface area contributed by atoms with Gasteiger partial charge in [-0.05, 0) is 75.2 Å². The van der Waals surface area contributed by atoms with Crippen LogP contribution in [0.15, 0.2) is 81.7 Å². The molecule has 2 heterocycles. The van der Waals surface area contributed by atoms with Crippen LogP contribution in [0, 0.1) is 0 Å². The number of benzene rings is 3.